The lowest BCUT2D eigenvalue weighted by atomic mass is 10.0. The number of benzene rings is 1. The van der Waals surface area contributed by atoms with Crippen LogP contribution in [0.3, 0.4) is 0 Å². The van der Waals surface area contributed by atoms with E-state index in [0.717, 1.165) is 55.0 Å². The van der Waals surface area contributed by atoms with Gasteiger partial charge in [-0.1, -0.05) is 45.4 Å². The van der Waals surface area contributed by atoms with Crippen molar-refractivity contribution in [2.75, 3.05) is 13.7 Å². The van der Waals surface area contributed by atoms with E-state index in [9.17, 15) is 4.79 Å². The van der Waals surface area contributed by atoms with Gasteiger partial charge in [-0.15, -0.1) is 0 Å². The lowest BCUT2D eigenvalue weighted by Gasteiger charge is -2.22. The molecule has 0 atom stereocenters. The summed E-state index contributed by atoms with van der Waals surface area (Å²) in [6, 6.07) is 3.90. The number of unbranched alkanes of at least 4 members (excludes halogenated alkanes) is 2. The van der Waals surface area contributed by atoms with Gasteiger partial charge in [0.25, 0.3) is 5.56 Å². The molecule has 30 heavy (non-hydrogen) atoms. The number of ether oxygens (including phenoxy) is 2. The highest BCUT2D eigenvalue weighted by Crippen LogP contribution is 2.44. The lowest BCUT2D eigenvalue weighted by molar-refractivity contribution is 0.288. The van der Waals surface area contributed by atoms with E-state index in [1.54, 1.807) is 7.11 Å². The van der Waals surface area contributed by atoms with Crippen LogP contribution in [-0.4, -0.2) is 24.2 Å². The van der Waals surface area contributed by atoms with Gasteiger partial charge in [0.15, 0.2) is 11.5 Å². The van der Waals surface area contributed by atoms with Crippen LogP contribution in [-0.2, 0) is 0 Å². The molecule has 162 valence electrons. The monoisotopic (exact) mass is 410 g/mol. The zero-order valence-corrected chi connectivity index (χ0v) is 18.7. The first-order valence-electron chi connectivity index (χ1n) is 10.9. The van der Waals surface area contributed by atoms with Gasteiger partial charge < -0.3 is 19.8 Å². The van der Waals surface area contributed by atoms with E-state index in [1.165, 1.54) is 0 Å². The standard InChI is InChI=1S/C25H34N2O3/c1-7-9-10-13-30-23-21-19(14-16(3)22(23)29-6)15-20(24(28)26-21)18(5)27-25(11-12-25)17(4)8-2/h14-15,27H,4-5,7-13H2,1-3,6H3,(H,26,28). The molecule has 1 aliphatic carbocycles. The normalized spacial score (nSPS) is 14.4. The fraction of sp³-hybridized carbons (Fsp3) is 0.480. The van der Waals surface area contributed by atoms with Crippen LogP contribution in [0.4, 0.5) is 0 Å². The van der Waals surface area contributed by atoms with Crippen LogP contribution in [0, 0.1) is 6.92 Å². The van der Waals surface area contributed by atoms with Gasteiger partial charge in [-0.05, 0) is 50.3 Å². The van der Waals surface area contributed by atoms with Gasteiger partial charge in [0.05, 0.1) is 30.3 Å². The molecule has 0 bridgehead atoms. The van der Waals surface area contributed by atoms with Crippen molar-refractivity contribution in [3.8, 4) is 11.5 Å². The first kappa shape index (κ1) is 22.0. The second kappa shape index (κ2) is 8.99. The molecule has 2 aromatic rings. The molecule has 0 spiro atoms. The van der Waals surface area contributed by atoms with Crippen LogP contribution >= 0.6 is 0 Å². The van der Waals surface area contributed by atoms with Crippen LogP contribution in [0.2, 0.25) is 0 Å². The molecule has 0 unspecified atom stereocenters. The Morgan fingerprint density at radius 3 is 2.53 bits per heavy atom. The minimum Gasteiger partial charge on any atom is -0.493 e. The number of hydrogen-bond acceptors (Lipinski definition) is 4. The zero-order chi connectivity index (χ0) is 21.9. The average Bonchev–Trinajstić information content (AvgIpc) is 3.50. The summed E-state index contributed by atoms with van der Waals surface area (Å²) in [5, 5.41) is 4.37. The average molecular weight is 411 g/mol. The quantitative estimate of drug-likeness (QED) is 0.381. The van der Waals surface area contributed by atoms with Crippen LogP contribution in [0.25, 0.3) is 16.6 Å². The number of fused-ring (bicyclic) bond motifs is 1. The van der Waals surface area contributed by atoms with Crippen molar-refractivity contribution in [2.24, 2.45) is 0 Å². The molecule has 1 aromatic heterocycles. The number of H-pyrrole nitrogens is 1. The minimum absolute atomic E-state index is 0.114. The topological polar surface area (TPSA) is 63.4 Å². The van der Waals surface area contributed by atoms with E-state index >= 15 is 0 Å². The molecule has 0 saturated heterocycles. The van der Waals surface area contributed by atoms with E-state index in [4.69, 9.17) is 9.47 Å². The Hall–Kier alpha value is -2.69. The van der Waals surface area contributed by atoms with Crippen LogP contribution in [0.5, 0.6) is 11.5 Å². The van der Waals surface area contributed by atoms with Crippen LogP contribution < -0.4 is 20.3 Å². The Bertz CT molecular complexity index is 1020. The first-order valence-corrected chi connectivity index (χ1v) is 10.9. The van der Waals surface area contributed by atoms with Crippen molar-refractivity contribution in [3.63, 3.8) is 0 Å². The minimum atomic E-state index is -0.192. The summed E-state index contributed by atoms with van der Waals surface area (Å²) in [5.41, 5.74) is 3.64. The molecule has 0 radical (unpaired) electrons. The van der Waals surface area contributed by atoms with E-state index in [0.29, 0.717) is 34.9 Å². The number of nitrogens with one attached hydrogen (secondary N) is 2. The Kier molecular flexibility index (Phi) is 6.59. The number of rotatable bonds is 11. The van der Waals surface area contributed by atoms with Gasteiger partial charge in [0, 0.05) is 11.1 Å². The number of methoxy groups -OCH3 is 1. The van der Waals surface area contributed by atoms with Crippen molar-refractivity contribution < 1.29 is 9.47 Å². The molecule has 3 rings (SSSR count). The predicted molar refractivity (Wildman–Crippen MR) is 124 cm³/mol. The first-order chi connectivity index (χ1) is 14.4. The second-order valence-electron chi connectivity index (χ2n) is 8.23. The van der Waals surface area contributed by atoms with Crippen LogP contribution in [0.1, 0.15) is 63.5 Å². The fourth-order valence-electron chi connectivity index (χ4n) is 3.97. The molecule has 1 saturated carbocycles. The number of aromatic nitrogens is 1. The maximum Gasteiger partial charge on any atom is 0.257 e. The van der Waals surface area contributed by atoms with Gasteiger partial charge in [-0.2, -0.15) is 0 Å². The molecule has 1 fully saturated rings. The van der Waals surface area contributed by atoms with Crippen LogP contribution in [0.15, 0.2) is 35.7 Å². The van der Waals surface area contributed by atoms with Crippen molar-refractivity contribution in [2.45, 2.75) is 64.8 Å². The summed E-state index contributed by atoms with van der Waals surface area (Å²) in [6.07, 6.45) is 6.14. The van der Waals surface area contributed by atoms with Crippen molar-refractivity contribution >= 4 is 16.6 Å². The Balaban J connectivity index is 1.98. The number of aryl methyl sites for hydroxylation is 1. The van der Waals surface area contributed by atoms with Gasteiger partial charge in [-0.25, -0.2) is 0 Å². The molecule has 5 heteroatoms. The van der Waals surface area contributed by atoms with Gasteiger partial charge in [-0.3, -0.25) is 4.79 Å². The predicted octanol–water partition coefficient (Wildman–Crippen LogP) is 5.47. The Morgan fingerprint density at radius 2 is 1.93 bits per heavy atom. The molecule has 1 heterocycles. The highest BCUT2D eigenvalue weighted by molar-refractivity contribution is 5.90. The van der Waals surface area contributed by atoms with Crippen molar-refractivity contribution in [1.82, 2.24) is 10.3 Å². The summed E-state index contributed by atoms with van der Waals surface area (Å²) >= 11 is 0. The van der Waals surface area contributed by atoms with E-state index in [-0.39, 0.29) is 11.1 Å². The second-order valence-corrected chi connectivity index (χ2v) is 8.23. The molecule has 5 nitrogen and oxygen atoms in total. The maximum atomic E-state index is 13.0. The third kappa shape index (κ3) is 4.25. The van der Waals surface area contributed by atoms with Crippen molar-refractivity contribution in [3.05, 3.63) is 52.3 Å². The fourth-order valence-corrected chi connectivity index (χ4v) is 3.97. The largest absolute Gasteiger partial charge is 0.493 e. The smallest absolute Gasteiger partial charge is 0.257 e. The summed E-state index contributed by atoms with van der Waals surface area (Å²) in [5.74, 6) is 1.26. The third-order valence-corrected chi connectivity index (χ3v) is 6.00. The highest BCUT2D eigenvalue weighted by Gasteiger charge is 2.44. The van der Waals surface area contributed by atoms with E-state index in [2.05, 4.69) is 37.3 Å². The Labute approximate surface area is 179 Å². The summed E-state index contributed by atoms with van der Waals surface area (Å²) in [6.45, 7) is 15.2. The van der Waals surface area contributed by atoms with Gasteiger partial charge in [0.1, 0.15) is 0 Å². The highest BCUT2D eigenvalue weighted by atomic mass is 16.5. The van der Waals surface area contributed by atoms with Gasteiger partial charge >= 0.3 is 0 Å². The Morgan fingerprint density at radius 1 is 1.20 bits per heavy atom. The molecule has 2 N–H and O–H groups in total. The van der Waals surface area contributed by atoms with Crippen molar-refractivity contribution in [1.29, 1.82) is 0 Å². The molecule has 1 aliphatic rings. The number of hydrogen-bond donors (Lipinski definition) is 2. The summed E-state index contributed by atoms with van der Waals surface area (Å²) in [7, 11) is 1.63. The number of pyridine rings is 1. The zero-order valence-electron chi connectivity index (χ0n) is 18.7. The summed E-state index contributed by atoms with van der Waals surface area (Å²) < 4.78 is 11.7. The SMILES string of the molecule is C=C(NC1(C(=C)CC)CC1)c1cc2cc(C)c(OC)c(OCCCCC)c2[nH]c1=O. The molecular formula is C25H34N2O3. The van der Waals surface area contributed by atoms with Gasteiger partial charge in [0.2, 0.25) is 0 Å². The molecule has 0 amide bonds. The van der Waals surface area contributed by atoms with E-state index in [1.807, 2.05) is 19.1 Å². The lowest BCUT2D eigenvalue weighted by Crippen LogP contribution is -2.32. The molecular weight excluding hydrogens is 376 g/mol. The maximum absolute atomic E-state index is 13.0. The molecule has 1 aromatic carbocycles. The molecule has 0 aliphatic heterocycles. The summed E-state index contributed by atoms with van der Waals surface area (Å²) in [4.78, 5) is 16.0. The third-order valence-electron chi connectivity index (χ3n) is 6.00. The van der Waals surface area contributed by atoms with E-state index < -0.39 is 0 Å². The number of aromatic amines is 1.